The Kier molecular flexibility index (Phi) is 7.47. The van der Waals surface area contributed by atoms with Crippen LogP contribution in [0.4, 0.5) is 0 Å². The van der Waals surface area contributed by atoms with Crippen molar-refractivity contribution in [2.24, 2.45) is 0 Å². The Morgan fingerprint density at radius 2 is 0.966 bits per heavy atom. The van der Waals surface area contributed by atoms with Crippen molar-refractivity contribution < 1.29 is 4.42 Å². The van der Waals surface area contributed by atoms with E-state index in [1.165, 1.54) is 5.39 Å². The van der Waals surface area contributed by atoms with E-state index in [1.807, 2.05) is 36.5 Å². The molecule has 0 radical (unpaired) electrons. The van der Waals surface area contributed by atoms with Gasteiger partial charge in [0.25, 0.3) is 0 Å². The van der Waals surface area contributed by atoms with Crippen LogP contribution in [0.5, 0.6) is 0 Å². The molecule has 0 bridgehead atoms. The second-order valence-electron chi connectivity index (χ2n) is 15.0. The molecule has 5 heteroatoms. The molecule has 12 aromatic rings. The molecule has 59 heavy (non-hydrogen) atoms. The van der Waals surface area contributed by atoms with Gasteiger partial charge in [-0.3, -0.25) is 4.98 Å². The van der Waals surface area contributed by atoms with Gasteiger partial charge in [0.15, 0.2) is 5.82 Å². The van der Waals surface area contributed by atoms with E-state index in [0.717, 1.165) is 110 Å². The number of furan rings is 1. The molecule has 0 aliphatic heterocycles. The zero-order chi connectivity index (χ0) is 38.9. The Morgan fingerprint density at radius 3 is 1.78 bits per heavy atom. The van der Waals surface area contributed by atoms with E-state index in [1.54, 1.807) is 0 Å². The zero-order valence-corrected chi connectivity index (χ0v) is 31.7. The molecule has 4 aromatic heterocycles. The largest absolute Gasteiger partial charge is 0.455 e. The molecular weight excluding hydrogens is 721 g/mol. The van der Waals surface area contributed by atoms with Crippen LogP contribution in [-0.2, 0) is 0 Å². The van der Waals surface area contributed by atoms with E-state index in [0.29, 0.717) is 5.82 Å². The van der Waals surface area contributed by atoms with E-state index >= 15 is 0 Å². The lowest BCUT2D eigenvalue weighted by Gasteiger charge is -2.12. The molecule has 4 heterocycles. The average molecular weight is 753 g/mol. The van der Waals surface area contributed by atoms with Crippen molar-refractivity contribution in [2.45, 2.75) is 0 Å². The summed E-state index contributed by atoms with van der Waals surface area (Å²) in [5.74, 6) is 0.661. The highest BCUT2D eigenvalue weighted by Crippen LogP contribution is 2.41. The quantitative estimate of drug-likeness (QED) is 0.164. The van der Waals surface area contributed by atoms with Crippen LogP contribution in [0.1, 0.15) is 0 Å². The maximum Gasteiger partial charge on any atom is 0.160 e. The molecule has 0 unspecified atom stereocenters. The zero-order valence-electron chi connectivity index (χ0n) is 31.7. The number of hydrogen-bond donors (Lipinski definition) is 0. The lowest BCUT2D eigenvalue weighted by molar-refractivity contribution is 0.673. The first-order valence-electron chi connectivity index (χ1n) is 19.8. The molecule has 5 nitrogen and oxygen atoms in total. The molecule has 0 saturated heterocycles. The Balaban J connectivity index is 0.922. The third-order valence-corrected chi connectivity index (χ3v) is 11.5. The van der Waals surface area contributed by atoms with Crippen LogP contribution in [0, 0.1) is 0 Å². The highest BCUT2D eigenvalue weighted by Gasteiger charge is 2.18. The van der Waals surface area contributed by atoms with Crippen molar-refractivity contribution in [1.29, 1.82) is 0 Å². The number of aromatic nitrogens is 4. The fraction of sp³-hybridized carbons (Fsp3) is 0. The molecule has 8 aromatic carbocycles. The fourth-order valence-electron chi connectivity index (χ4n) is 8.50. The molecule has 0 spiro atoms. The summed E-state index contributed by atoms with van der Waals surface area (Å²) < 4.78 is 6.53. The highest BCUT2D eigenvalue weighted by molar-refractivity contribution is 6.24. The standard InChI is InChI=1S/C54H32N4O/c1-2-10-38-29-40(26-21-33(38)9-1)54-57-47(31-49(58-54)48-30-39-11-3-4-12-41(39)32-55-48)36-22-17-34(18-23-36)35-19-24-37(25-20-35)52-45-28-27-43-42-13-6-8-16-50(42)59-53(43)51(45)44-14-5-7-15-46(44)56-52/h1-32H. The number of nitrogens with zero attached hydrogens (tertiary/aromatic N) is 4. The third-order valence-electron chi connectivity index (χ3n) is 11.5. The van der Waals surface area contributed by atoms with Gasteiger partial charge in [-0.2, -0.15) is 0 Å². The summed E-state index contributed by atoms with van der Waals surface area (Å²) >= 11 is 0. The summed E-state index contributed by atoms with van der Waals surface area (Å²) in [5.41, 5.74) is 11.3. The maximum atomic E-state index is 6.53. The second kappa shape index (κ2) is 13.3. The number of pyridine rings is 2. The van der Waals surface area contributed by atoms with Crippen molar-refractivity contribution >= 4 is 65.2 Å². The summed E-state index contributed by atoms with van der Waals surface area (Å²) in [6, 6.07) is 65.4. The Labute approximate surface area is 338 Å². The summed E-state index contributed by atoms with van der Waals surface area (Å²) in [4.78, 5) is 20.3. The van der Waals surface area contributed by atoms with Gasteiger partial charge in [0.2, 0.25) is 0 Å². The Morgan fingerprint density at radius 1 is 0.356 bits per heavy atom. The number of hydrogen-bond acceptors (Lipinski definition) is 5. The predicted molar refractivity (Wildman–Crippen MR) is 242 cm³/mol. The predicted octanol–water partition coefficient (Wildman–Crippen LogP) is 14.1. The van der Waals surface area contributed by atoms with Crippen molar-refractivity contribution in [1.82, 2.24) is 19.9 Å². The van der Waals surface area contributed by atoms with E-state index in [2.05, 4.69) is 158 Å². The van der Waals surface area contributed by atoms with Crippen LogP contribution in [0.15, 0.2) is 199 Å². The molecule has 0 N–H and O–H groups in total. The van der Waals surface area contributed by atoms with E-state index in [9.17, 15) is 0 Å². The number of fused-ring (bicyclic) bond motifs is 9. The van der Waals surface area contributed by atoms with Crippen molar-refractivity contribution in [3.63, 3.8) is 0 Å². The first-order chi connectivity index (χ1) is 29.2. The molecular formula is C54H32N4O. The van der Waals surface area contributed by atoms with E-state index in [4.69, 9.17) is 24.4 Å². The average Bonchev–Trinajstić information content (AvgIpc) is 3.70. The Hall–Kier alpha value is -8.02. The molecule has 0 atom stereocenters. The van der Waals surface area contributed by atoms with Gasteiger partial charge in [-0.05, 0) is 63.7 Å². The van der Waals surface area contributed by atoms with Crippen LogP contribution in [0.25, 0.3) is 122 Å². The monoisotopic (exact) mass is 752 g/mol. The SMILES string of the molecule is c1ccc2cc(-c3nc(-c4ccc(-c5ccc(-c6nc7ccccc7c7c6ccc6c8ccccc8oc67)cc5)cc4)cc(-c4cc5ccccc5cn4)n3)ccc2c1. The van der Waals surface area contributed by atoms with Gasteiger partial charge in [0, 0.05) is 55.2 Å². The second-order valence-corrected chi connectivity index (χ2v) is 15.0. The highest BCUT2D eigenvalue weighted by atomic mass is 16.3. The molecule has 12 rings (SSSR count). The Bertz CT molecular complexity index is 3510. The van der Waals surface area contributed by atoms with Crippen LogP contribution >= 0.6 is 0 Å². The molecule has 0 aliphatic rings. The van der Waals surface area contributed by atoms with Gasteiger partial charge in [0.1, 0.15) is 11.2 Å². The van der Waals surface area contributed by atoms with Crippen LogP contribution in [0.3, 0.4) is 0 Å². The van der Waals surface area contributed by atoms with Gasteiger partial charge in [-0.15, -0.1) is 0 Å². The number of para-hydroxylation sites is 2. The van der Waals surface area contributed by atoms with Crippen molar-refractivity contribution in [2.75, 3.05) is 0 Å². The van der Waals surface area contributed by atoms with Gasteiger partial charge < -0.3 is 4.42 Å². The van der Waals surface area contributed by atoms with Gasteiger partial charge in [-0.25, -0.2) is 15.0 Å². The lowest BCUT2D eigenvalue weighted by atomic mass is 9.96. The van der Waals surface area contributed by atoms with E-state index in [-0.39, 0.29) is 0 Å². The minimum atomic E-state index is 0.661. The first-order valence-corrected chi connectivity index (χ1v) is 19.8. The molecule has 0 fully saturated rings. The molecule has 0 aliphatic carbocycles. The number of rotatable bonds is 5. The van der Waals surface area contributed by atoms with E-state index < -0.39 is 0 Å². The minimum absolute atomic E-state index is 0.661. The third kappa shape index (κ3) is 5.63. The van der Waals surface area contributed by atoms with Gasteiger partial charge in [-0.1, -0.05) is 152 Å². The molecule has 0 amide bonds. The molecule has 0 saturated carbocycles. The summed E-state index contributed by atoms with van der Waals surface area (Å²) in [6.45, 7) is 0. The number of benzene rings is 8. The fourth-order valence-corrected chi connectivity index (χ4v) is 8.50. The summed E-state index contributed by atoms with van der Waals surface area (Å²) in [6.07, 6.45) is 1.92. The van der Waals surface area contributed by atoms with Crippen LogP contribution in [-0.4, -0.2) is 19.9 Å². The van der Waals surface area contributed by atoms with Gasteiger partial charge >= 0.3 is 0 Å². The lowest BCUT2D eigenvalue weighted by Crippen LogP contribution is -1.97. The normalized spacial score (nSPS) is 11.7. The van der Waals surface area contributed by atoms with Crippen LogP contribution < -0.4 is 0 Å². The summed E-state index contributed by atoms with van der Waals surface area (Å²) in [7, 11) is 0. The van der Waals surface area contributed by atoms with Crippen LogP contribution in [0.2, 0.25) is 0 Å². The summed E-state index contributed by atoms with van der Waals surface area (Å²) in [5, 5.41) is 10.0. The maximum absolute atomic E-state index is 6.53. The van der Waals surface area contributed by atoms with Crippen molar-refractivity contribution in [3.05, 3.63) is 194 Å². The molecule has 274 valence electrons. The van der Waals surface area contributed by atoms with Gasteiger partial charge in [0.05, 0.1) is 28.3 Å². The smallest absolute Gasteiger partial charge is 0.160 e. The van der Waals surface area contributed by atoms with Crippen molar-refractivity contribution in [3.8, 4) is 56.4 Å². The minimum Gasteiger partial charge on any atom is -0.455 e. The topological polar surface area (TPSA) is 64.7 Å². The first kappa shape index (κ1) is 33.2.